The van der Waals surface area contributed by atoms with Gasteiger partial charge in [0.2, 0.25) is 0 Å². The molecular formula is C17H26IN3O2. The minimum atomic E-state index is 0. The fourth-order valence-corrected chi connectivity index (χ4v) is 3.06. The van der Waals surface area contributed by atoms with E-state index in [1.165, 1.54) is 25.7 Å². The number of nitrogens with two attached hydrogens (primary N) is 1. The first-order valence-corrected chi connectivity index (χ1v) is 7.91. The Kier molecular flexibility index (Phi) is 6.00. The van der Waals surface area contributed by atoms with Gasteiger partial charge in [0.05, 0.1) is 20.8 Å². The van der Waals surface area contributed by atoms with Gasteiger partial charge in [-0.1, -0.05) is 6.07 Å². The Bertz CT molecular complexity index is 569. The lowest BCUT2D eigenvalue weighted by molar-refractivity contribution is 0.354. The lowest BCUT2D eigenvalue weighted by atomic mass is 10.0. The zero-order valence-electron chi connectivity index (χ0n) is 13.8. The molecule has 3 rings (SSSR count). The fraction of sp³-hybridized carbons (Fsp3) is 0.588. The van der Waals surface area contributed by atoms with Gasteiger partial charge in [0.15, 0.2) is 17.5 Å². The molecule has 23 heavy (non-hydrogen) atoms. The van der Waals surface area contributed by atoms with Crippen LogP contribution in [0.4, 0.5) is 0 Å². The van der Waals surface area contributed by atoms with Crippen LogP contribution < -0.4 is 20.5 Å². The number of aliphatic imine (C=N–C) groups is 1. The number of hydrogen-bond acceptors (Lipinski definition) is 3. The van der Waals surface area contributed by atoms with Crippen LogP contribution in [0.5, 0.6) is 11.5 Å². The minimum Gasteiger partial charge on any atom is -0.493 e. The Balaban J connectivity index is 0.00000192. The maximum absolute atomic E-state index is 5.99. The average molecular weight is 431 g/mol. The Hall–Kier alpha value is -1.18. The van der Waals surface area contributed by atoms with Crippen LogP contribution in [-0.4, -0.2) is 26.7 Å². The summed E-state index contributed by atoms with van der Waals surface area (Å²) in [5.74, 6) is 2.90. The fourth-order valence-electron chi connectivity index (χ4n) is 3.06. The number of ether oxygens (including phenoxy) is 2. The predicted octanol–water partition coefficient (Wildman–Crippen LogP) is 2.92. The molecule has 0 saturated heterocycles. The van der Waals surface area contributed by atoms with Crippen molar-refractivity contribution in [1.82, 2.24) is 5.32 Å². The number of guanidine groups is 1. The van der Waals surface area contributed by atoms with E-state index in [-0.39, 0.29) is 24.0 Å². The molecule has 0 aliphatic heterocycles. The van der Waals surface area contributed by atoms with Gasteiger partial charge in [0.1, 0.15) is 0 Å². The SMILES string of the molecule is COc1ccc(CN=C(N)NCC2(C3CC3)CC2)cc1OC.I. The number of nitrogens with one attached hydrogen (secondary N) is 1. The Morgan fingerprint density at radius 2 is 1.96 bits per heavy atom. The predicted molar refractivity (Wildman–Crippen MR) is 103 cm³/mol. The van der Waals surface area contributed by atoms with Crippen LogP contribution >= 0.6 is 24.0 Å². The smallest absolute Gasteiger partial charge is 0.188 e. The topological polar surface area (TPSA) is 68.9 Å². The van der Waals surface area contributed by atoms with E-state index in [9.17, 15) is 0 Å². The first-order valence-electron chi connectivity index (χ1n) is 7.91. The van der Waals surface area contributed by atoms with Gasteiger partial charge in [-0.15, -0.1) is 24.0 Å². The number of benzene rings is 1. The van der Waals surface area contributed by atoms with Crippen molar-refractivity contribution in [2.45, 2.75) is 32.2 Å². The Morgan fingerprint density at radius 3 is 2.52 bits per heavy atom. The number of nitrogens with zero attached hydrogens (tertiary/aromatic N) is 1. The molecule has 0 radical (unpaired) electrons. The molecule has 3 N–H and O–H groups in total. The van der Waals surface area contributed by atoms with Crippen molar-refractivity contribution in [1.29, 1.82) is 0 Å². The molecule has 1 aromatic rings. The molecule has 2 aliphatic rings. The average Bonchev–Trinajstić information content (AvgIpc) is 3.42. The molecule has 0 amide bonds. The molecule has 6 heteroatoms. The highest BCUT2D eigenvalue weighted by Gasteiger charge is 2.53. The lowest BCUT2D eigenvalue weighted by Gasteiger charge is -2.15. The first kappa shape index (κ1) is 18.2. The third kappa shape index (κ3) is 4.43. The zero-order valence-corrected chi connectivity index (χ0v) is 16.1. The summed E-state index contributed by atoms with van der Waals surface area (Å²) in [6.45, 7) is 1.51. The third-order valence-corrected chi connectivity index (χ3v) is 4.84. The van der Waals surface area contributed by atoms with Crippen LogP contribution in [0.1, 0.15) is 31.2 Å². The normalized spacial score (nSPS) is 18.8. The molecule has 0 atom stereocenters. The van der Waals surface area contributed by atoms with Crippen molar-refractivity contribution in [3.63, 3.8) is 0 Å². The molecule has 0 bridgehead atoms. The molecule has 2 saturated carbocycles. The van der Waals surface area contributed by atoms with Crippen molar-refractivity contribution in [3.8, 4) is 11.5 Å². The highest BCUT2D eigenvalue weighted by atomic mass is 127. The van der Waals surface area contributed by atoms with E-state index in [2.05, 4.69) is 10.3 Å². The monoisotopic (exact) mass is 431 g/mol. The van der Waals surface area contributed by atoms with E-state index in [0.717, 1.165) is 23.8 Å². The van der Waals surface area contributed by atoms with E-state index in [0.29, 0.717) is 23.7 Å². The summed E-state index contributed by atoms with van der Waals surface area (Å²) in [7, 11) is 3.26. The number of halogens is 1. The van der Waals surface area contributed by atoms with E-state index in [4.69, 9.17) is 15.2 Å². The maximum atomic E-state index is 5.99. The van der Waals surface area contributed by atoms with Gasteiger partial charge < -0.3 is 20.5 Å². The zero-order chi connectivity index (χ0) is 15.6. The van der Waals surface area contributed by atoms with Crippen LogP contribution in [0.15, 0.2) is 23.2 Å². The van der Waals surface area contributed by atoms with Gasteiger partial charge in [0, 0.05) is 6.54 Å². The molecule has 0 unspecified atom stereocenters. The number of methoxy groups -OCH3 is 2. The molecule has 0 heterocycles. The van der Waals surface area contributed by atoms with Gasteiger partial charge in [0.25, 0.3) is 0 Å². The van der Waals surface area contributed by atoms with E-state index < -0.39 is 0 Å². The van der Waals surface area contributed by atoms with E-state index in [1.54, 1.807) is 14.2 Å². The molecule has 2 aliphatic carbocycles. The second-order valence-electron chi connectivity index (χ2n) is 6.38. The summed E-state index contributed by atoms with van der Waals surface area (Å²) in [6.07, 6.45) is 5.47. The number of rotatable bonds is 7. The summed E-state index contributed by atoms with van der Waals surface area (Å²) >= 11 is 0. The summed E-state index contributed by atoms with van der Waals surface area (Å²) < 4.78 is 10.5. The second kappa shape index (κ2) is 7.59. The second-order valence-corrected chi connectivity index (χ2v) is 6.38. The van der Waals surface area contributed by atoms with Crippen molar-refractivity contribution < 1.29 is 9.47 Å². The van der Waals surface area contributed by atoms with Crippen LogP contribution in [-0.2, 0) is 6.54 Å². The van der Waals surface area contributed by atoms with Crippen LogP contribution in [0.3, 0.4) is 0 Å². The van der Waals surface area contributed by atoms with Gasteiger partial charge in [-0.05, 0) is 54.7 Å². The Labute approximate surface area is 155 Å². The summed E-state index contributed by atoms with van der Waals surface area (Å²) in [4.78, 5) is 4.42. The van der Waals surface area contributed by atoms with Crippen LogP contribution in [0, 0.1) is 11.3 Å². The molecular weight excluding hydrogens is 405 g/mol. The molecule has 2 fully saturated rings. The van der Waals surface area contributed by atoms with Gasteiger partial charge >= 0.3 is 0 Å². The molecule has 0 aromatic heterocycles. The van der Waals surface area contributed by atoms with Crippen molar-refractivity contribution in [2.24, 2.45) is 22.1 Å². The van der Waals surface area contributed by atoms with E-state index >= 15 is 0 Å². The van der Waals surface area contributed by atoms with Crippen molar-refractivity contribution >= 4 is 29.9 Å². The highest BCUT2D eigenvalue weighted by Crippen LogP contribution is 2.60. The third-order valence-electron chi connectivity index (χ3n) is 4.84. The first-order chi connectivity index (χ1) is 10.7. The van der Waals surface area contributed by atoms with Crippen molar-refractivity contribution in [3.05, 3.63) is 23.8 Å². The largest absolute Gasteiger partial charge is 0.493 e. The molecule has 5 nitrogen and oxygen atoms in total. The van der Waals surface area contributed by atoms with Gasteiger partial charge in [-0.3, -0.25) is 0 Å². The van der Waals surface area contributed by atoms with Gasteiger partial charge in [-0.25, -0.2) is 4.99 Å². The standard InChI is InChI=1S/C17H25N3O2.HI/c1-21-14-6-3-12(9-15(14)22-2)10-19-16(18)20-11-17(7-8-17)13-4-5-13;/h3,6,9,13H,4-5,7-8,10-11H2,1-2H3,(H3,18,19,20);1H. The van der Waals surface area contributed by atoms with E-state index in [1.807, 2.05) is 18.2 Å². The summed E-state index contributed by atoms with van der Waals surface area (Å²) in [6, 6.07) is 5.80. The Morgan fingerprint density at radius 1 is 1.26 bits per heavy atom. The summed E-state index contributed by atoms with van der Waals surface area (Å²) in [5, 5.41) is 3.30. The maximum Gasteiger partial charge on any atom is 0.188 e. The molecule has 1 aromatic carbocycles. The minimum absolute atomic E-state index is 0. The van der Waals surface area contributed by atoms with Crippen LogP contribution in [0.25, 0.3) is 0 Å². The highest BCUT2D eigenvalue weighted by molar-refractivity contribution is 14.0. The number of hydrogen-bond donors (Lipinski definition) is 2. The molecule has 0 spiro atoms. The van der Waals surface area contributed by atoms with Crippen LogP contribution in [0.2, 0.25) is 0 Å². The lowest BCUT2D eigenvalue weighted by Crippen LogP contribution is -2.36. The van der Waals surface area contributed by atoms with Gasteiger partial charge in [-0.2, -0.15) is 0 Å². The molecule has 128 valence electrons. The quantitative estimate of drug-likeness (QED) is 0.396. The summed E-state index contributed by atoms with van der Waals surface area (Å²) in [5.41, 5.74) is 7.56. The van der Waals surface area contributed by atoms with Crippen molar-refractivity contribution in [2.75, 3.05) is 20.8 Å².